The van der Waals surface area contributed by atoms with Crippen LogP contribution in [0.25, 0.3) is 0 Å². The molecule has 2 aromatic rings. The number of hydrogen-bond donors (Lipinski definition) is 2. The molecular weight excluding hydrogens is 272 g/mol. The quantitative estimate of drug-likeness (QED) is 0.841. The van der Waals surface area contributed by atoms with Gasteiger partial charge in [0.15, 0.2) is 11.5 Å². The van der Waals surface area contributed by atoms with E-state index in [0.29, 0.717) is 23.7 Å². The zero-order valence-electron chi connectivity index (χ0n) is 11.2. The summed E-state index contributed by atoms with van der Waals surface area (Å²) in [4.78, 5) is 0. The summed E-state index contributed by atoms with van der Waals surface area (Å²) in [6, 6.07) is 10.4. The number of fused-ring (bicyclic) bond motifs is 2. The number of hydrogen-bond acceptors (Lipinski definition) is 5. The maximum atomic E-state index is 10.3. The Bertz CT molecular complexity index is 697. The number of ether oxygens (including phenoxy) is 3. The standard InChI is InChI=1S/C16H14O5/c17-11-3-1-9-5-12(18)16(21-14(9)7-11)10-2-4-13-15(6-10)20-8-19-13/h1-4,6-7,12,16-18H,5,8H2. The largest absolute Gasteiger partial charge is 0.508 e. The normalized spacial score (nSPS) is 22.5. The van der Waals surface area contributed by atoms with E-state index in [0.717, 1.165) is 11.1 Å². The van der Waals surface area contributed by atoms with Crippen LogP contribution < -0.4 is 14.2 Å². The molecule has 0 saturated heterocycles. The minimum atomic E-state index is -0.651. The molecule has 108 valence electrons. The van der Waals surface area contributed by atoms with E-state index in [1.54, 1.807) is 18.2 Å². The molecule has 5 heteroatoms. The zero-order valence-corrected chi connectivity index (χ0v) is 11.2. The summed E-state index contributed by atoms with van der Waals surface area (Å²) >= 11 is 0. The predicted molar refractivity (Wildman–Crippen MR) is 73.8 cm³/mol. The monoisotopic (exact) mass is 286 g/mol. The second-order valence-electron chi connectivity index (χ2n) is 5.21. The van der Waals surface area contributed by atoms with Gasteiger partial charge in [-0.15, -0.1) is 0 Å². The van der Waals surface area contributed by atoms with Gasteiger partial charge in [-0.3, -0.25) is 0 Å². The zero-order chi connectivity index (χ0) is 14.4. The van der Waals surface area contributed by atoms with Crippen molar-refractivity contribution in [2.24, 2.45) is 0 Å². The third kappa shape index (κ3) is 2.06. The summed E-state index contributed by atoms with van der Waals surface area (Å²) in [5.74, 6) is 2.10. The lowest BCUT2D eigenvalue weighted by Crippen LogP contribution is -2.30. The van der Waals surface area contributed by atoms with Crippen molar-refractivity contribution in [2.75, 3.05) is 6.79 Å². The van der Waals surface area contributed by atoms with Crippen LogP contribution in [0.3, 0.4) is 0 Å². The number of phenols is 1. The first kappa shape index (κ1) is 12.3. The number of benzene rings is 2. The Hall–Kier alpha value is -2.40. The summed E-state index contributed by atoms with van der Waals surface area (Å²) in [6.45, 7) is 0.212. The number of aliphatic hydroxyl groups is 1. The van der Waals surface area contributed by atoms with E-state index in [1.807, 2.05) is 18.2 Å². The third-order valence-corrected chi connectivity index (χ3v) is 3.81. The van der Waals surface area contributed by atoms with Crippen LogP contribution >= 0.6 is 0 Å². The van der Waals surface area contributed by atoms with Gasteiger partial charge >= 0.3 is 0 Å². The van der Waals surface area contributed by atoms with Crippen molar-refractivity contribution in [3.05, 3.63) is 47.5 Å². The highest BCUT2D eigenvalue weighted by Crippen LogP contribution is 2.40. The van der Waals surface area contributed by atoms with E-state index in [4.69, 9.17) is 14.2 Å². The van der Waals surface area contributed by atoms with Crippen LogP contribution in [0, 0.1) is 0 Å². The molecule has 0 bridgehead atoms. The Labute approximate surface area is 121 Å². The van der Waals surface area contributed by atoms with Gasteiger partial charge in [0.05, 0.1) is 6.10 Å². The molecule has 2 unspecified atom stereocenters. The molecule has 21 heavy (non-hydrogen) atoms. The first-order chi connectivity index (χ1) is 10.2. The van der Waals surface area contributed by atoms with Crippen LogP contribution in [-0.2, 0) is 6.42 Å². The summed E-state index contributed by atoms with van der Waals surface area (Å²) in [7, 11) is 0. The minimum Gasteiger partial charge on any atom is -0.508 e. The SMILES string of the molecule is Oc1ccc2c(c1)OC(c1ccc3c(c1)OCO3)C(O)C2. The molecule has 4 rings (SSSR count). The summed E-state index contributed by atoms with van der Waals surface area (Å²) in [5.41, 5.74) is 1.71. The van der Waals surface area contributed by atoms with Crippen molar-refractivity contribution in [3.63, 3.8) is 0 Å². The lowest BCUT2D eigenvalue weighted by atomic mass is 9.94. The Kier molecular flexibility index (Phi) is 2.68. The Morgan fingerprint density at radius 3 is 2.71 bits per heavy atom. The molecule has 2 aliphatic heterocycles. The molecule has 2 aromatic carbocycles. The molecule has 0 radical (unpaired) electrons. The molecule has 0 aromatic heterocycles. The van der Waals surface area contributed by atoms with Gasteiger partial charge in [0.25, 0.3) is 0 Å². The van der Waals surface area contributed by atoms with Gasteiger partial charge in [-0.05, 0) is 29.3 Å². The molecule has 2 atom stereocenters. The van der Waals surface area contributed by atoms with Crippen LogP contribution in [0.5, 0.6) is 23.0 Å². The Morgan fingerprint density at radius 1 is 0.952 bits per heavy atom. The van der Waals surface area contributed by atoms with Crippen molar-refractivity contribution in [1.82, 2.24) is 0 Å². The Balaban J connectivity index is 1.69. The molecule has 2 N–H and O–H groups in total. The van der Waals surface area contributed by atoms with Gasteiger partial charge in [0.1, 0.15) is 17.6 Å². The minimum absolute atomic E-state index is 0.148. The predicted octanol–water partition coefficient (Wildman–Crippen LogP) is 2.16. The van der Waals surface area contributed by atoms with Crippen molar-refractivity contribution in [3.8, 4) is 23.0 Å². The number of rotatable bonds is 1. The van der Waals surface area contributed by atoms with E-state index in [9.17, 15) is 10.2 Å². The van der Waals surface area contributed by atoms with Crippen molar-refractivity contribution < 1.29 is 24.4 Å². The van der Waals surface area contributed by atoms with E-state index in [2.05, 4.69) is 0 Å². The van der Waals surface area contributed by atoms with Crippen molar-refractivity contribution >= 4 is 0 Å². The third-order valence-electron chi connectivity index (χ3n) is 3.81. The summed E-state index contributed by atoms with van der Waals surface area (Å²) < 4.78 is 16.5. The first-order valence-corrected chi connectivity index (χ1v) is 6.77. The molecule has 0 saturated carbocycles. The van der Waals surface area contributed by atoms with Crippen molar-refractivity contribution in [1.29, 1.82) is 0 Å². The van der Waals surface area contributed by atoms with Gasteiger partial charge < -0.3 is 24.4 Å². The fourth-order valence-corrected chi connectivity index (χ4v) is 2.75. The molecule has 0 amide bonds. The smallest absolute Gasteiger partial charge is 0.231 e. The van der Waals surface area contributed by atoms with Gasteiger partial charge in [-0.25, -0.2) is 0 Å². The van der Waals surface area contributed by atoms with Crippen LogP contribution in [0.15, 0.2) is 36.4 Å². The van der Waals surface area contributed by atoms with Crippen LogP contribution in [0.2, 0.25) is 0 Å². The maximum Gasteiger partial charge on any atom is 0.231 e. The number of phenolic OH excluding ortho intramolecular Hbond substituents is 1. The molecular formula is C16H14O5. The van der Waals surface area contributed by atoms with Crippen LogP contribution in [0.4, 0.5) is 0 Å². The van der Waals surface area contributed by atoms with E-state index < -0.39 is 12.2 Å². The van der Waals surface area contributed by atoms with Crippen LogP contribution in [-0.4, -0.2) is 23.1 Å². The first-order valence-electron chi connectivity index (χ1n) is 6.77. The van der Waals surface area contributed by atoms with E-state index in [1.165, 1.54) is 0 Å². The average Bonchev–Trinajstić information content (AvgIpc) is 2.94. The highest BCUT2D eigenvalue weighted by molar-refractivity contribution is 5.47. The van der Waals surface area contributed by atoms with Gasteiger partial charge in [-0.2, -0.15) is 0 Å². The fourth-order valence-electron chi connectivity index (χ4n) is 2.75. The second kappa shape index (κ2) is 4.56. The van der Waals surface area contributed by atoms with E-state index >= 15 is 0 Å². The van der Waals surface area contributed by atoms with Crippen LogP contribution in [0.1, 0.15) is 17.2 Å². The Morgan fingerprint density at radius 2 is 1.81 bits per heavy atom. The van der Waals surface area contributed by atoms with Crippen molar-refractivity contribution in [2.45, 2.75) is 18.6 Å². The lowest BCUT2D eigenvalue weighted by molar-refractivity contribution is 0.0206. The van der Waals surface area contributed by atoms with Gasteiger partial charge in [0.2, 0.25) is 6.79 Å². The lowest BCUT2D eigenvalue weighted by Gasteiger charge is -2.31. The van der Waals surface area contributed by atoms with Gasteiger partial charge in [-0.1, -0.05) is 12.1 Å². The topological polar surface area (TPSA) is 68.2 Å². The summed E-state index contributed by atoms with van der Waals surface area (Å²) in [6.07, 6.45) is -0.662. The second-order valence-corrected chi connectivity index (χ2v) is 5.21. The fraction of sp³-hybridized carbons (Fsp3) is 0.250. The molecule has 0 fully saturated rings. The molecule has 2 heterocycles. The number of aromatic hydroxyl groups is 1. The molecule has 0 aliphatic carbocycles. The average molecular weight is 286 g/mol. The van der Waals surface area contributed by atoms with Gasteiger partial charge in [0, 0.05) is 12.5 Å². The molecule has 2 aliphatic rings. The highest BCUT2D eigenvalue weighted by atomic mass is 16.7. The van der Waals surface area contributed by atoms with E-state index in [-0.39, 0.29) is 12.5 Å². The number of aliphatic hydroxyl groups excluding tert-OH is 1. The molecule has 5 nitrogen and oxygen atoms in total. The summed E-state index contributed by atoms with van der Waals surface area (Å²) in [5, 5.41) is 19.9. The maximum absolute atomic E-state index is 10.3. The highest BCUT2D eigenvalue weighted by Gasteiger charge is 2.31. The molecule has 0 spiro atoms.